The molecule has 1 saturated carbocycles. The third-order valence-corrected chi connectivity index (χ3v) is 7.13. The highest BCUT2D eigenvalue weighted by molar-refractivity contribution is 5.29. The van der Waals surface area contributed by atoms with Crippen molar-refractivity contribution in [3.8, 4) is 0 Å². The van der Waals surface area contributed by atoms with E-state index in [4.69, 9.17) is 4.74 Å². The molecule has 1 aromatic rings. The zero-order valence-corrected chi connectivity index (χ0v) is 20.6. The molecular weight excluding hydrogens is 459 g/mol. The number of nitrogens with one attached hydrogen (secondary N) is 1. The number of hydrazine groups is 1. The third-order valence-electron chi connectivity index (χ3n) is 7.13. The van der Waals surface area contributed by atoms with Crippen LogP contribution < -0.4 is 5.43 Å². The van der Waals surface area contributed by atoms with Crippen molar-refractivity contribution in [3.05, 3.63) is 69.4 Å². The van der Waals surface area contributed by atoms with Crippen LogP contribution in [-0.4, -0.2) is 47.4 Å². The summed E-state index contributed by atoms with van der Waals surface area (Å²) in [5.41, 5.74) is 3.50. The summed E-state index contributed by atoms with van der Waals surface area (Å²) in [6, 6.07) is 9.47. The third kappa shape index (κ3) is 7.22. The van der Waals surface area contributed by atoms with Crippen LogP contribution in [0.25, 0.3) is 0 Å². The Morgan fingerprint density at radius 1 is 1.20 bits per heavy atom. The fraction of sp³-hybridized carbons (Fsp3) is 0.615. The first kappa shape index (κ1) is 27.0. The van der Waals surface area contributed by atoms with Gasteiger partial charge in [0.1, 0.15) is 6.04 Å². The van der Waals surface area contributed by atoms with E-state index in [0.29, 0.717) is 24.6 Å². The number of hydrogen-bond donors (Lipinski definition) is 1. The van der Waals surface area contributed by atoms with Gasteiger partial charge in [-0.2, -0.15) is 13.2 Å². The van der Waals surface area contributed by atoms with E-state index in [1.807, 2.05) is 36.9 Å². The number of likely N-dealkylation sites (tertiary alicyclic amines) is 1. The van der Waals surface area contributed by atoms with Crippen molar-refractivity contribution in [2.75, 3.05) is 13.2 Å². The zero-order valence-electron chi connectivity index (χ0n) is 20.6. The predicted molar refractivity (Wildman–Crippen MR) is 129 cm³/mol. The lowest BCUT2D eigenvalue weighted by Gasteiger charge is -2.35. The van der Waals surface area contributed by atoms with Crippen LogP contribution in [0, 0.1) is 16.0 Å². The molecule has 0 aromatic heterocycles. The summed E-state index contributed by atoms with van der Waals surface area (Å²) in [5, 5.41) is 10.6. The molecule has 1 aliphatic heterocycles. The largest absolute Gasteiger partial charge is 0.416 e. The second-order valence-corrected chi connectivity index (χ2v) is 9.73. The second kappa shape index (κ2) is 11.9. The number of hydrogen-bond acceptors (Lipinski definition) is 4. The summed E-state index contributed by atoms with van der Waals surface area (Å²) in [7, 11) is 0. The maximum atomic E-state index is 13.5. The Morgan fingerprint density at radius 2 is 1.86 bits per heavy atom. The minimum atomic E-state index is -4.46. The Balaban J connectivity index is 1.71. The number of nitro groups is 1. The normalized spacial score (nSPS) is 26.3. The SMILES string of the molecule is C/C=C(\C=C(/C(C)C)N1CCC(N[N+](=O)[O-])C1COC1CCC(c2ccccc2)CC1)C(F)(F)F. The van der Waals surface area contributed by atoms with Gasteiger partial charge in [-0.15, -0.1) is 5.43 Å². The summed E-state index contributed by atoms with van der Waals surface area (Å²) < 4.78 is 46.6. The first-order valence-electron chi connectivity index (χ1n) is 12.4. The smallest absolute Gasteiger partial charge is 0.376 e. The minimum absolute atomic E-state index is 0.0430. The molecule has 194 valence electrons. The molecular formula is C26H36F3N3O3. The molecule has 1 heterocycles. The van der Waals surface area contributed by atoms with Crippen molar-refractivity contribution in [1.29, 1.82) is 0 Å². The van der Waals surface area contributed by atoms with Crippen molar-refractivity contribution >= 4 is 0 Å². The minimum Gasteiger partial charge on any atom is -0.376 e. The zero-order chi connectivity index (χ0) is 25.6. The van der Waals surface area contributed by atoms with Crippen molar-refractivity contribution in [2.24, 2.45) is 5.92 Å². The van der Waals surface area contributed by atoms with Gasteiger partial charge in [0.05, 0.1) is 24.3 Å². The van der Waals surface area contributed by atoms with Crippen LogP contribution in [0.3, 0.4) is 0 Å². The van der Waals surface area contributed by atoms with Gasteiger partial charge in [-0.25, -0.2) is 10.1 Å². The van der Waals surface area contributed by atoms with Crippen LogP contribution >= 0.6 is 0 Å². The highest BCUT2D eigenvalue weighted by Gasteiger charge is 2.40. The van der Waals surface area contributed by atoms with Gasteiger partial charge in [-0.3, -0.25) is 0 Å². The van der Waals surface area contributed by atoms with E-state index in [9.17, 15) is 23.3 Å². The fourth-order valence-electron chi connectivity index (χ4n) is 5.26. The van der Waals surface area contributed by atoms with Gasteiger partial charge in [0.15, 0.2) is 5.03 Å². The highest BCUT2D eigenvalue weighted by Crippen LogP contribution is 2.36. The molecule has 3 rings (SSSR count). The summed E-state index contributed by atoms with van der Waals surface area (Å²) in [4.78, 5) is 13.1. The number of rotatable bonds is 9. The molecule has 1 N–H and O–H groups in total. The van der Waals surface area contributed by atoms with Crippen LogP contribution in [-0.2, 0) is 4.74 Å². The van der Waals surface area contributed by atoms with Crippen LogP contribution in [0.4, 0.5) is 13.2 Å². The molecule has 9 heteroatoms. The monoisotopic (exact) mass is 495 g/mol. The molecule has 0 radical (unpaired) electrons. The lowest BCUT2D eigenvalue weighted by molar-refractivity contribution is -0.551. The lowest BCUT2D eigenvalue weighted by atomic mass is 9.83. The predicted octanol–water partition coefficient (Wildman–Crippen LogP) is 6.00. The van der Waals surface area contributed by atoms with Gasteiger partial charge in [0.25, 0.3) is 0 Å². The van der Waals surface area contributed by atoms with E-state index >= 15 is 0 Å². The Morgan fingerprint density at radius 3 is 2.40 bits per heavy atom. The molecule has 2 unspecified atom stereocenters. The molecule has 6 nitrogen and oxygen atoms in total. The van der Waals surface area contributed by atoms with Gasteiger partial charge in [0, 0.05) is 12.2 Å². The maximum Gasteiger partial charge on any atom is 0.416 e. The molecule has 0 spiro atoms. The number of nitrogens with zero attached hydrogens (tertiary/aromatic N) is 2. The molecule has 1 saturated heterocycles. The van der Waals surface area contributed by atoms with Crippen LogP contribution in [0.5, 0.6) is 0 Å². The number of alkyl halides is 3. The van der Waals surface area contributed by atoms with Crippen molar-refractivity contribution < 1.29 is 22.9 Å². The van der Waals surface area contributed by atoms with E-state index < -0.39 is 28.9 Å². The number of allylic oxidation sites excluding steroid dienone is 4. The van der Waals surface area contributed by atoms with Crippen LogP contribution in [0.2, 0.25) is 0 Å². The summed E-state index contributed by atoms with van der Waals surface area (Å²) in [6.45, 7) is 5.70. The average Bonchev–Trinajstić information content (AvgIpc) is 3.19. The standard InChI is InChI=1S/C26H36F3N3O3/c1-4-21(26(27,28)29)16-24(18(2)3)31-15-14-23(30-32(33)34)25(31)17-35-22-12-10-20(11-13-22)19-8-6-5-7-9-19/h4-9,16,18,20,22-23,25,30H,10-15,17H2,1-3H3/b21-4+,24-16+. The summed E-state index contributed by atoms with van der Waals surface area (Å²) >= 11 is 0. The lowest BCUT2D eigenvalue weighted by Crippen LogP contribution is -2.48. The van der Waals surface area contributed by atoms with Gasteiger partial charge in [-0.1, -0.05) is 50.3 Å². The number of benzene rings is 1. The topological polar surface area (TPSA) is 67.6 Å². The van der Waals surface area contributed by atoms with Gasteiger partial charge < -0.3 is 9.64 Å². The Labute approximate surface area is 205 Å². The van der Waals surface area contributed by atoms with E-state index in [1.165, 1.54) is 18.6 Å². The molecule has 1 aromatic carbocycles. The molecule has 0 bridgehead atoms. The summed E-state index contributed by atoms with van der Waals surface area (Å²) in [6.07, 6.45) is 2.07. The van der Waals surface area contributed by atoms with Crippen molar-refractivity contribution in [2.45, 2.75) is 83.2 Å². The quantitative estimate of drug-likeness (QED) is 0.258. The molecule has 2 fully saturated rings. The average molecular weight is 496 g/mol. The van der Waals surface area contributed by atoms with E-state index in [1.54, 1.807) is 0 Å². The van der Waals surface area contributed by atoms with E-state index in [-0.39, 0.29) is 18.6 Å². The maximum absolute atomic E-state index is 13.5. The molecule has 1 aliphatic carbocycles. The van der Waals surface area contributed by atoms with Gasteiger partial charge in [-0.05, 0) is 62.5 Å². The molecule has 2 aliphatic rings. The van der Waals surface area contributed by atoms with Crippen LogP contribution in [0.1, 0.15) is 64.4 Å². The molecule has 35 heavy (non-hydrogen) atoms. The first-order valence-corrected chi connectivity index (χ1v) is 12.4. The fourth-order valence-corrected chi connectivity index (χ4v) is 5.26. The Kier molecular flexibility index (Phi) is 9.21. The van der Waals surface area contributed by atoms with Crippen molar-refractivity contribution in [3.63, 3.8) is 0 Å². The van der Waals surface area contributed by atoms with Crippen LogP contribution in [0.15, 0.2) is 53.8 Å². The first-order chi connectivity index (χ1) is 16.6. The van der Waals surface area contributed by atoms with E-state index in [0.717, 1.165) is 31.8 Å². The Hall–Kier alpha value is -2.55. The summed E-state index contributed by atoms with van der Waals surface area (Å²) in [5.74, 6) is 0.311. The second-order valence-electron chi connectivity index (χ2n) is 9.73. The number of ether oxygens (including phenoxy) is 1. The van der Waals surface area contributed by atoms with Gasteiger partial charge in [0.2, 0.25) is 0 Å². The van der Waals surface area contributed by atoms with Gasteiger partial charge >= 0.3 is 6.18 Å². The number of halogens is 3. The molecule has 2 atom stereocenters. The Bertz CT molecular complexity index is 894. The van der Waals surface area contributed by atoms with Crippen molar-refractivity contribution in [1.82, 2.24) is 10.3 Å². The van der Waals surface area contributed by atoms with E-state index in [2.05, 4.69) is 17.6 Å². The molecule has 0 amide bonds. The highest BCUT2D eigenvalue weighted by atomic mass is 19.4.